The van der Waals surface area contributed by atoms with Crippen molar-refractivity contribution >= 4 is 39.6 Å². The summed E-state index contributed by atoms with van der Waals surface area (Å²) in [6, 6.07) is 5.30. The largest absolute Gasteiger partial charge is 0.479 e. The van der Waals surface area contributed by atoms with Gasteiger partial charge in [0.25, 0.3) is 0 Å². The lowest BCUT2D eigenvalue weighted by molar-refractivity contribution is 0.0141. The van der Waals surface area contributed by atoms with Crippen molar-refractivity contribution in [2.75, 3.05) is 20.2 Å². The third-order valence-corrected chi connectivity index (χ3v) is 5.69. The quantitative estimate of drug-likeness (QED) is 0.635. The van der Waals surface area contributed by atoms with Crippen LogP contribution in [-0.4, -0.2) is 62.5 Å². The van der Waals surface area contributed by atoms with Crippen molar-refractivity contribution in [2.24, 2.45) is 0 Å². The molecule has 3 heterocycles. The van der Waals surface area contributed by atoms with Crippen LogP contribution in [-0.2, 0) is 4.74 Å². The molecular weight excluding hydrogens is 420 g/mol. The monoisotopic (exact) mass is 446 g/mol. The molecule has 0 aliphatic carbocycles. The molecule has 9 heteroatoms. The fraction of sp³-hybridized carbons (Fsp3) is 0.500. The minimum atomic E-state index is -0.811. The second-order valence-corrected chi connectivity index (χ2v) is 9.25. The van der Waals surface area contributed by atoms with E-state index in [1.165, 1.54) is 6.33 Å². The van der Waals surface area contributed by atoms with Gasteiger partial charge in [0.2, 0.25) is 5.88 Å². The van der Waals surface area contributed by atoms with Crippen LogP contribution in [0.2, 0.25) is 5.02 Å². The van der Waals surface area contributed by atoms with Gasteiger partial charge in [-0.05, 0) is 51.8 Å². The number of carbonyl (C=O) groups excluding carboxylic acids is 1. The third-order valence-electron chi connectivity index (χ3n) is 5.46. The number of aliphatic hydroxyl groups excluding tert-OH is 1. The number of β-amino-alcohol motifs (C(OH)–C–C–N with tert-alkyl or cyclic N) is 1. The molecule has 0 saturated carbocycles. The van der Waals surface area contributed by atoms with Crippen LogP contribution in [0, 0.1) is 0 Å². The van der Waals surface area contributed by atoms with Crippen LogP contribution in [0.4, 0.5) is 4.79 Å². The van der Waals surface area contributed by atoms with E-state index < -0.39 is 17.8 Å². The van der Waals surface area contributed by atoms with Crippen molar-refractivity contribution in [1.82, 2.24) is 19.4 Å². The highest BCUT2D eigenvalue weighted by atomic mass is 35.5. The van der Waals surface area contributed by atoms with Gasteiger partial charge in [-0.2, -0.15) is 4.98 Å². The van der Waals surface area contributed by atoms with Gasteiger partial charge < -0.3 is 24.0 Å². The molecule has 2 atom stereocenters. The van der Waals surface area contributed by atoms with E-state index >= 15 is 0 Å². The molecule has 2 aromatic heterocycles. The molecule has 0 spiro atoms. The van der Waals surface area contributed by atoms with Crippen LogP contribution in [0.5, 0.6) is 5.88 Å². The third kappa shape index (κ3) is 4.14. The zero-order valence-electron chi connectivity index (χ0n) is 18.1. The van der Waals surface area contributed by atoms with Crippen LogP contribution < -0.4 is 4.74 Å². The Balaban J connectivity index is 1.78. The van der Waals surface area contributed by atoms with Gasteiger partial charge in [0.15, 0.2) is 0 Å². The minimum absolute atomic E-state index is 0.171. The molecule has 0 radical (unpaired) electrons. The van der Waals surface area contributed by atoms with E-state index in [1.54, 1.807) is 12.0 Å². The normalized spacial score (nSPS) is 20.1. The number of ether oxygens (including phenoxy) is 2. The number of aliphatic hydroxyl groups is 1. The Morgan fingerprint density at radius 3 is 2.77 bits per heavy atom. The molecule has 1 aliphatic rings. The molecule has 3 aromatic rings. The summed E-state index contributed by atoms with van der Waals surface area (Å²) in [5.41, 5.74) is 1.71. The minimum Gasteiger partial charge on any atom is -0.479 e. The van der Waals surface area contributed by atoms with Gasteiger partial charge in [-0.25, -0.2) is 9.78 Å². The van der Waals surface area contributed by atoms with Crippen molar-refractivity contribution in [3.63, 3.8) is 0 Å². The number of hydrogen-bond acceptors (Lipinski definition) is 6. The zero-order valence-corrected chi connectivity index (χ0v) is 18.9. The number of amides is 1. The van der Waals surface area contributed by atoms with Gasteiger partial charge in [-0.15, -0.1) is 0 Å². The summed E-state index contributed by atoms with van der Waals surface area (Å²) < 4.78 is 13.1. The first-order chi connectivity index (χ1) is 14.7. The van der Waals surface area contributed by atoms with Gasteiger partial charge in [-0.3, -0.25) is 0 Å². The maximum Gasteiger partial charge on any atom is 0.410 e. The van der Waals surface area contributed by atoms with E-state index in [0.717, 1.165) is 10.9 Å². The van der Waals surface area contributed by atoms with Crippen molar-refractivity contribution < 1.29 is 19.4 Å². The number of nitrogens with zero attached hydrogens (tertiary/aromatic N) is 4. The number of fused-ring (bicyclic) bond motifs is 3. The van der Waals surface area contributed by atoms with Crippen molar-refractivity contribution in [3.05, 3.63) is 29.5 Å². The number of halogens is 1. The maximum absolute atomic E-state index is 12.6. The van der Waals surface area contributed by atoms with Crippen molar-refractivity contribution in [3.8, 4) is 5.88 Å². The number of likely N-dealkylation sites (tertiary alicyclic amines) is 1. The fourth-order valence-electron chi connectivity index (χ4n) is 4.22. The molecule has 1 amide bonds. The zero-order chi connectivity index (χ0) is 22.3. The number of aromatic nitrogens is 3. The highest BCUT2D eigenvalue weighted by molar-refractivity contribution is 6.31. The van der Waals surface area contributed by atoms with Gasteiger partial charge in [-0.1, -0.05) is 11.6 Å². The molecular formula is C22H27ClN4O4. The molecule has 0 bridgehead atoms. The average molecular weight is 447 g/mol. The van der Waals surface area contributed by atoms with E-state index in [4.69, 9.17) is 21.1 Å². The van der Waals surface area contributed by atoms with E-state index in [9.17, 15) is 9.90 Å². The summed E-state index contributed by atoms with van der Waals surface area (Å²) in [4.78, 5) is 22.9. The summed E-state index contributed by atoms with van der Waals surface area (Å²) in [7, 11) is 1.56. The molecule has 1 aliphatic heterocycles. The van der Waals surface area contributed by atoms with Crippen LogP contribution in [0.25, 0.3) is 21.9 Å². The van der Waals surface area contributed by atoms with Crippen LogP contribution in [0.1, 0.15) is 39.7 Å². The van der Waals surface area contributed by atoms with Gasteiger partial charge in [0, 0.05) is 17.0 Å². The number of carbonyl (C=O) groups is 1. The Morgan fingerprint density at radius 1 is 1.29 bits per heavy atom. The van der Waals surface area contributed by atoms with Gasteiger partial charge >= 0.3 is 6.09 Å². The SMILES string of the molecule is COc1ncnc2c3cc(Cl)ccc3n([C@@H]3CCCN(C(=O)OC(C)(C)C)CC3O)c12. The Morgan fingerprint density at radius 2 is 2.06 bits per heavy atom. The average Bonchev–Trinajstić information content (AvgIpc) is 2.89. The first kappa shape index (κ1) is 21.6. The van der Waals surface area contributed by atoms with Crippen molar-refractivity contribution in [1.29, 1.82) is 0 Å². The second kappa shape index (κ2) is 8.16. The topological polar surface area (TPSA) is 89.7 Å². The summed E-state index contributed by atoms with van der Waals surface area (Å²) in [6.45, 7) is 6.18. The smallest absolute Gasteiger partial charge is 0.410 e. The molecule has 1 aromatic carbocycles. The summed E-state index contributed by atoms with van der Waals surface area (Å²) in [6.07, 6.45) is 1.61. The predicted molar refractivity (Wildman–Crippen MR) is 119 cm³/mol. The first-order valence-corrected chi connectivity index (χ1v) is 10.7. The lowest BCUT2D eigenvalue weighted by Gasteiger charge is -2.29. The lowest BCUT2D eigenvalue weighted by Crippen LogP contribution is -2.41. The summed E-state index contributed by atoms with van der Waals surface area (Å²) >= 11 is 6.26. The van der Waals surface area contributed by atoms with Gasteiger partial charge in [0.05, 0.1) is 31.3 Å². The number of benzene rings is 1. The molecule has 8 nitrogen and oxygen atoms in total. The van der Waals surface area contributed by atoms with E-state index in [0.29, 0.717) is 41.3 Å². The van der Waals surface area contributed by atoms with Crippen LogP contribution >= 0.6 is 11.6 Å². The molecule has 166 valence electrons. The number of methoxy groups -OCH3 is 1. The first-order valence-electron chi connectivity index (χ1n) is 10.3. The van der Waals surface area contributed by atoms with Crippen molar-refractivity contribution in [2.45, 2.75) is 51.4 Å². The Bertz CT molecular complexity index is 1120. The lowest BCUT2D eigenvalue weighted by atomic mass is 10.1. The predicted octanol–water partition coefficient (Wildman–Crippen LogP) is 4.18. The van der Waals surface area contributed by atoms with Gasteiger partial charge in [0.1, 0.15) is 23.0 Å². The van der Waals surface area contributed by atoms with E-state index in [1.807, 2.05) is 43.5 Å². The molecule has 1 fully saturated rings. The Kier molecular flexibility index (Phi) is 5.70. The van der Waals surface area contributed by atoms with E-state index in [2.05, 4.69) is 9.97 Å². The molecule has 4 rings (SSSR count). The standard InChI is InChI=1S/C22H27ClN4O4/c1-22(2,3)31-21(29)26-9-5-6-16(17(28)11-26)27-15-8-7-13(23)10-14(15)18-19(27)20(30-4)25-12-24-18/h7-8,10,12,16-17,28H,5-6,9,11H2,1-4H3/t16-,17?/m1/s1. The Labute approximate surface area is 185 Å². The second-order valence-electron chi connectivity index (χ2n) is 8.81. The number of hydrogen-bond donors (Lipinski definition) is 1. The van der Waals surface area contributed by atoms with Crippen LogP contribution in [0.3, 0.4) is 0 Å². The maximum atomic E-state index is 12.6. The fourth-order valence-corrected chi connectivity index (χ4v) is 4.39. The van der Waals surface area contributed by atoms with Crippen LogP contribution in [0.15, 0.2) is 24.5 Å². The summed E-state index contributed by atoms with van der Waals surface area (Å²) in [5.74, 6) is 0.428. The molecule has 1 N–H and O–H groups in total. The summed E-state index contributed by atoms with van der Waals surface area (Å²) in [5, 5.41) is 12.7. The highest BCUT2D eigenvalue weighted by Crippen LogP contribution is 2.39. The molecule has 1 saturated heterocycles. The Hall–Kier alpha value is -2.58. The number of rotatable bonds is 2. The highest BCUT2D eigenvalue weighted by Gasteiger charge is 2.33. The molecule has 31 heavy (non-hydrogen) atoms. The van der Waals surface area contributed by atoms with E-state index in [-0.39, 0.29) is 12.6 Å². The molecule has 1 unspecified atom stereocenters.